The molecule has 10 nitrogen and oxygen atoms in total. The highest BCUT2D eigenvalue weighted by atomic mass is 32.2. The number of aromatic nitrogens is 2. The van der Waals surface area contributed by atoms with Crippen LogP contribution in [0.1, 0.15) is 17.4 Å². The molecule has 3 N–H and O–H groups in total. The van der Waals surface area contributed by atoms with E-state index >= 15 is 0 Å². The van der Waals surface area contributed by atoms with Crippen LogP contribution in [0.25, 0.3) is 11.5 Å². The van der Waals surface area contributed by atoms with Crippen molar-refractivity contribution in [2.75, 3.05) is 24.5 Å². The predicted octanol–water partition coefficient (Wildman–Crippen LogP) is 2.95. The van der Waals surface area contributed by atoms with Crippen molar-refractivity contribution in [1.82, 2.24) is 14.5 Å². The van der Waals surface area contributed by atoms with Gasteiger partial charge < -0.3 is 20.2 Å². The van der Waals surface area contributed by atoms with Crippen molar-refractivity contribution in [2.45, 2.75) is 35.1 Å². The maximum absolute atomic E-state index is 13.9. The van der Waals surface area contributed by atoms with Gasteiger partial charge in [-0.15, -0.1) is 21.5 Å². The van der Waals surface area contributed by atoms with Gasteiger partial charge in [0.25, 0.3) is 21.5 Å². The normalized spacial score (nSPS) is 19.2. The molecule has 3 aromatic rings. The summed E-state index contributed by atoms with van der Waals surface area (Å²) in [5, 5.41) is 17.0. The van der Waals surface area contributed by atoms with E-state index in [-0.39, 0.29) is 48.1 Å². The SMILES string of the molecule is C[C@@H]1CN(c2ccc(-c3nnco3)cc2C(F)(F)F)CCN1S(=O)(=O)c1ccc(C(O)(C(N)=O)C(F)(F)F)s1. The van der Waals surface area contributed by atoms with Gasteiger partial charge in [-0.1, -0.05) is 0 Å². The fourth-order valence-electron chi connectivity index (χ4n) is 4.16. The van der Waals surface area contributed by atoms with E-state index in [4.69, 9.17) is 10.2 Å². The summed E-state index contributed by atoms with van der Waals surface area (Å²) < 4.78 is 114. The molecule has 1 aliphatic heterocycles. The second kappa shape index (κ2) is 9.76. The molecule has 0 aliphatic carbocycles. The van der Waals surface area contributed by atoms with Gasteiger partial charge in [-0.2, -0.15) is 30.6 Å². The second-order valence-electron chi connectivity index (χ2n) is 8.58. The molecule has 39 heavy (non-hydrogen) atoms. The number of amides is 1. The van der Waals surface area contributed by atoms with Gasteiger partial charge in [0, 0.05) is 36.9 Å². The topological polar surface area (TPSA) is 143 Å². The fraction of sp³-hybridized carbons (Fsp3) is 0.381. The standard InChI is InChI=1S/C21H19F6N5O5S2/c1-11-9-31(14-3-2-12(17-30-29-10-37-17)8-13(14)20(22,23)24)6-7-32(11)39(35,36)16-5-4-15(38-16)19(34,18(28)33)21(25,26)27/h2-5,8,10-11,34H,6-7,9H2,1H3,(H2,28,33)/t11-,19?/m1/s1. The molecule has 0 saturated carbocycles. The molecule has 0 radical (unpaired) electrons. The molecule has 1 amide bonds. The number of aliphatic hydroxyl groups is 1. The minimum Gasteiger partial charge on any atom is -0.423 e. The largest absolute Gasteiger partial charge is 0.431 e. The molecule has 2 aromatic heterocycles. The summed E-state index contributed by atoms with van der Waals surface area (Å²) in [6.45, 7) is 0.749. The first-order valence-electron chi connectivity index (χ1n) is 10.9. The Morgan fingerprint density at radius 1 is 1.15 bits per heavy atom. The molecule has 4 rings (SSSR count). The summed E-state index contributed by atoms with van der Waals surface area (Å²) in [5.41, 5.74) is -0.538. The van der Waals surface area contributed by atoms with Crippen molar-refractivity contribution < 1.29 is 49.1 Å². The Bertz CT molecular complexity index is 1470. The van der Waals surface area contributed by atoms with E-state index in [1.54, 1.807) is 0 Å². The van der Waals surface area contributed by atoms with Gasteiger partial charge >= 0.3 is 12.4 Å². The lowest BCUT2D eigenvalue weighted by Crippen LogP contribution is -2.54. The van der Waals surface area contributed by atoms with Crippen molar-refractivity contribution >= 4 is 33.0 Å². The monoisotopic (exact) mass is 599 g/mol. The molecule has 1 fully saturated rings. The molecule has 18 heteroatoms. The molecular weight excluding hydrogens is 580 g/mol. The average molecular weight is 600 g/mol. The maximum atomic E-state index is 13.9. The van der Waals surface area contributed by atoms with E-state index in [1.807, 2.05) is 0 Å². The summed E-state index contributed by atoms with van der Waals surface area (Å²) in [5.74, 6) is -2.26. The van der Waals surface area contributed by atoms with Crippen LogP contribution in [-0.2, 0) is 26.6 Å². The minimum absolute atomic E-state index is 0.0182. The first-order chi connectivity index (χ1) is 18.0. The van der Waals surface area contributed by atoms with Crippen LogP contribution in [0.5, 0.6) is 0 Å². The Labute approximate surface area is 220 Å². The highest BCUT2D eigenvalue weighted by Gasteiger charge is 2.61. The van der Waals surface area contributed by atoms with E-state index in [0.29, 0.717) is 6.07 Å². The maximum Gasteiger partial charge on any atom is 0.431 e. The van der Waals surface area contributed by atoms with E-state index in [1.165, 1.54) is 24.0 Å². The van der Waals surface area contributed by atoms with Crippen molar-refractivity contribution in [1.29, 1.82) is 0 Å². The van der Waals surface area contributed by atoms with Crippen LogP contribution >= 0.6 is 11.3 Å². The number of carbonyl (C=O) groups is 1. The molecule has 3 heterocycles. The zero-order valence-electron chi connectivity index (χ0n) is 19.7. The van der Waals surface area contributed by atoms with Crippen LogP contribution in [-0.4, -0.2) is 65.8 Å². The molecule has 0 spiro atoms. The highest BCUT2D eigenvalue weighted by molar-refractivity contribution is 7.91. The summed E-state index contributed by atoms with van der Waals surface area (Å²) in [6, 6.07) is 3.91. The first kappa shape index (κ1) is 28.8. The molecular formula is C21H19F6N5O5S2. The number of hydrogen-bond acceptors (Lipinski definition) is 9. The Kier molecular flexibility index (Phi) is 7.20. The third-order valence-corrected chi connectivity index (χ3v) is 9.76. The quantitative estimate of drug-likeness (QED) is 0.412. The molecule has 1 saturated heterocycles. The number of piperazine rings is 1. The number of nitrogens with two attached hydrogens (primary N) is 1. The summed E-state index contributed by atoms with van der Waals surface area (Å²) in [7, 11) is -4.46. The van der Waals surface area contributed by atoms with Gasteiger partial charge in [-0.25, -0.2) is 8.42 Å². The fourth-order valence-corrected chi connectivity index (χ4v) is 7.32. The summed E-state index contributed by atoms with van der Waals surface area (Å²) >= 11 is 0.0182. The van der Waals surface area contributed by atoms with E-state index in [0.717, 1.165) is 22.8 Å². The smallest absolute Gasteiger partial charge is 0.423 e. The number of sulfonamides is 1. The molecule has 1 aromatic carbocycles. The minimum atomic E-state index is -5.51. The van der Waals surface area contributed by atoms with Crippen molar-refractivity contribution in [3.05, 3.63) is 47.2 Å². The van der Waals surface area contributed by atoms with E-state index < -0.39 is 54.6 Å². The number of benzene rings is 1. The summed E-state index contributed by atoms with van der Waals surface area (Å²) in [4.78, 5) is 11.7. The Morgan fingerprint density at radius 3 is 2.38 bits per heavy atom. The van der Waals surface area contributed by atoms with Gasteiger partial charge in [0.2, 0.25) is 12.3 Å². The van der Waals surface area contributed by atoms with Gasteiger partial charge in [-0.05, 0) is 37.3 Å². The number of nitrogens with zero attached hydrogens (tertiary/aromatic N) is 4. The van der Waals surface area contributed by atoms with Crippen LogP contribution in [0.2, 0.25) is 0 Å². The average Bonchev–Trinajstić information content (AvgIpc) is 3.54. The molecule has 1 aliphatic rings. The summed E-state index contributed by atoms with van der Waals surface area (Å²) in [6.07, 6.45) is -9.33. The van der Waals surface area contributed by atoms with E-state index in [9.17, 15) is 44.7 Å². The van der Waals surface area contributed by atoms with Crippen LogP contribution in [0.4, 0.5) is 32.0 Å². The lowest BCUT2D eigenvalue weighted by Gasteiger charge is -2.40. The number of halogens is 6. The Morgan fingerprint density at radius 2 is 1.85 bits per heavy atom. The van der Waals surface area contributed by atoms with Gasteiger partial charge in [0.15, 0.2) is 0 Å². The predicted molar refractivity (Wildman–Crippen MR) is 124 cm³/mol. The third-order valence-electron chi connectivity index (χ3n) is 6.08. The van der Waals surface area contributed by atoms with Crippen LogP contribution < -0.4 is 10.6 Å². The van der Waals surface area contributed by atoms with Gasteiger partial charge in [0.1, 0.15) is 4.21 Å². The van der Waals surface area contributed by atoms with Crippen LogP contribution in [0.15, 0.2) is 45.4 Å². The number of alkyl halides is 6. The lowest BCUT2D eigenvalue weighted by molar-refractivity contribution is -0.254. The Balaban J connectivity index is 1.60. The molecule has 2 atom stereocenters. The number of rotatable bonds is 6. The van der Waals surface area contributed by atoms with Crippen LogP contribution in [0, 0.1) is 0 Å². The zero-order valence-corrected chi connectivity index (χ0v) is 21.3. The number of hydrogen-bond donors (Lipinski definition) is 2. The highest BCUT2D eigenvalue weighted by Crippen LogP contribution is 2.44. The molecule has 0 bridgehead atoms. The first-order valence-corrected chi connectivity index (χ1v) is 13.2. The van der Waals surface area contributed by atoms with E-state index in [2.05, 4.69) is 10.2 Å². The van der Waals surface area contributed by atoms with Crippen molar-refractivity contribution in [3.63, 3.8) is 0 Å². The molecule has 1 unspecified atom stereocenters. The van der Waals surface area contributed by atoms with Crippen molar-refractivity contribution in [3.8, 4) is 11.5 Å². The van der Waals surface area contributed by atoms with Crippen molar-refractivity contribution in [2.24, 2.45) is 5.73 Å². The second-order valence-corrected chi connectivity index (χ2v) is 11.8. The number of primary amides is 1. The van der Waals surface area contributed by atoms with Crippen LogP contribution in [0.3, 0.4) is 0 Å². The number of anilines is 1. The number of carbonyl (C=O) groups excluding carboxylic acids is 1. The third kappa shape index (κ3) is 5.08. The van der Waals surface area contributed by atoms with Gasteiger partial charge in [0.05, 0.1) is 10.4 Å². The molecule has 212 valence electrons. The lowest BCUT2D eigenvalue weighted by atomic mass is 10.0. The van der Waals surface area contributed by atoms with Gasteiger partial charge in [-0.3, -0.25) is 4.79 Å². The number of thiophene rings is 1. The zero-order chi connectivity index (χ0) is 29.0. The Hall–Kier alpha value is -3.22.